The Morgan fingerprint density at radius 1 is 1.10 bits per heavy atom. The minimum atomic E-state index is -2.62. The molecule has 2 aliphatic rings. The van der Waals surface area contributed by atoms with E-state index >= 15 is 0 Å². The van der Waals surface area contributed by atoms with Gasteiger partial charge < -0.3 is 24.6 Å². The lowest BCUT2D eigenvalue weighted by Gasteiger charge is -2.48. The number of allylic oxidation sites excluding steroid dienone is 1. The van der Waals surface area contributed by atoms with Crippen molar-refractivity contribution in [3.63, 3.8) is 0 Å². The van der Waals surface area contributed by atoms with Crippen molar-refractivity contribution in [2.75, 3.05) is 68.7 Å². The van der Waals surface area contributed by atoms with Crippen molar-refractivity contribution >= 4 is 46.6 Å². The molecule has 6 rings (SSSR count). The molecule has 1 N–H and O–H groups in total. The van der Waals surface area contributed by atoms with Crippen molar-refractivity contribution in [3.05, 3.63) is 65.6 Å². The molecule has 40 heavy (non-hydrogen) atoms. The fourth-order valence-corrected chi connectivity index (χ4v) is 6.41. The molecule has 208 valence electrons. The van der Waals surface area contributed by atoms with Crippen molar-refractivity contribution < 1.29 is 4.57 Å². The molecule has 1 aromatic carbocycles. The van der Waals surface area contributed by atoms with Gasteiger partial charge in [0.2, 0.25) is 5.95 Å². The molecule has 11 nitrogen and oxygen atoms in total. The van der Waals surface area contributed by atoms with Crippen molar-refractivity contribution in [2.45, 2.75) is 12.6 Å². The van der Waals surface area contributed by atoms with Gasteiger partial charge in [-0.2, -0.15) is 4.98 Å². The number of likely N-dealkylation sites (N-methyl/N-ethyl adjacent to an activating group) is 2. The van der Waals surface area contributed by atoms with Crippen LogP contribution in [-0.2, 0) is 11.1 Å². The van der Waals surface area contributed by atoms with Crippen molar-refractivity contribution in [2.24, 2.45) is 0 Å². The molecular weight excluding hydrogens is 525 g/mol. The van der Waals surface area contributed by atoms with Gasteiger partial charge in [0, 0.05) is 45.1 Å². The smallest absolute Gasteiger partial charge is 0.278 e. The standard InChI is InChI=1S/C28H34N9O2P/c1-6-12-36-27(38)21-16-29-28(32-26(21)37(36)24-8-7-9-25(31-24)40(4,5)39)30-19-10-11-22-23(15-19)35-14-13-33(2)17-20(35)18-34(22)3/h6-11,15-16,20H,1,12-14,17-18H2,2-5H3,(H,29,30,32)/t20-/m0/s1. The number of pyridine rings is 1. The molecular formula is C28H34N9O2P. The molecule has 0 spiro atoms. The molecule has 0 radical (unpaired) electrons. The van der Waals surface area contributed by atoms with Gasteiger partial charge in [0.1, 0.15) is 18.0 Å². The van der Waals surface area contributed by atoms with E-state index in [-0.39, 0.29) is 12.1 Å². The molecule has 1 atom stereocenters. The minimum absolute atomic E-state index is 0.247. The first-order valence-corrected chi connectivity index (χ1v) is 15.9. The van der Waals surface area contributed by atoms with Crippen LogP contribution in [0.1, 0.15) is 0 Å². The third-order valence-corrected chi connectivity index (χ3v) is 8.94. The van der Waals surface area contributed by atoms with E-state index in [0.29, 0.717) is 34.3 Å². The Morgan fingerprint density at radius 2 is 1.93 bits per heavy atom. The number of nitrogens with one attached hydrogen (secondary N) is 1. The summed E-state index contributed by atoms with van der Waals surface area (Å²) in [6.07, 6.45) is 3.19. The maximum atomic E-state index is 13.3. The summed E-state index contributed by atoms with van der Waals surface area (Å²) in [5.41, 5.74) is 3.90. The summed E-state index contributed by atoms with van der Waals surface area (Å²) in [5, 5.41) is 3.72. The third kappa shape index (κ3) is 4.59. The fraction of sp³-hybridized carbons (Fsp3) is 0.357. The maximum absolute atomic E-state index is 13.3. The summed E-state index contributed by atoms with van der Waals surface area (Å²) in [4.78, 5) is 34.4. The number of benzene rings is 1. The van der Waals surface area contributed by atoms with E-state index in [1.54, 1.807) is 48.5 Å². The van der Waals surface area contributed by atoms with Crippen molar-refractivity contribution in [1.29, 1.82) is 0 Å². The van der Waals surface area contributed by atoms with Crippen LogP contribution in [0.2, 0.25) is 0 Å². The highest BCUT2D eigenvalue weighted by atomic mass is 31.2. The lowest BCUT2D eigenvalue weighted by Crippen LogP contribution is -2.58. The second-order valence-electron chi connectivity index (χ2n) is 10.9. The molecule has 1 saturated heterocycles. The van der Waals surface area contributed by atoms with E-state index in [0.717, 1.165) is 31.9 Å². The summed E-state index contributed by atoms with van der Waals surface area (Å²) in [7, 11) is 1.70. The van der Waals surface area contributed by atoms with Gasteiger partial charge in [0.05, 0.1) is 24.0 Å². The highest BCUT2D eigenvalue weighted by molar-refractivity contribution is 7.69. The Balaban J connectivity index is 1.41. The molecule has 0 amide bonds. The minimum Gasteiger partial charge on any atom is -0.371 e. The lowest BCUT2D eigenvalue weighted by atomic mass is 10.0. The van der Waals surface area contributed by atoms with Gasteiger partial charge in [-0.1, -0.05) is 12.1 Å². The van der Waals surface area contributed by atoms with Crippen LogP contribution in [0.5, 0.6) is 0 Å². The van der Waals surface area contributed by atoms with Crippen LogP contribution >= 0.6 is 7.14 Å². The highest BCUT2D eigenvalue weighted by Gasteiger charge is 2.33. The molecule has 1 fully saturated rings. The van der Waals surface area contributed by atoms with Gasteiger partial charge in [0.25, 0.3) is 5.56 Å². The zero-order valence-electron chi connectivity index (χ0n) is 23.3. The van der Waals surface area contributed by atoms with Crippen LogP contribution in [0.25, 0.3) is 16.9 Å². The number of nitrogens with zero attached hydrogens (tertiary/aromatic N) is 8. The fourth-order valence-electron chi connectivity index (χ4n) is 5.62. The number of fused-ring (bicyclic) bond motifs is 4. The highest BCUT2D eigenvalue weighted by Crippen LogP contribution is 2.38. The van der Waals surface area contributed by atoms with Gasteiger partial charge in [-0.05, 0) is 50.7 Å². The van der Waals surface area contributed by atoms with Crippen LogP contribution in [-0.4, -0.2) is 88.9 Å². The lowest BCUT2D eigenvalue weighted by molar-refractivity contribution is 0.265. The van der Waals surface area contributed by atoms with Crippen molar-refractivity contribution in [3.8, 4) is 5.82 Å². The monoisotopic (exact) mass is 559 g/mol. The Hall–Kier alpha value is -3.95. The topological polar surface area (TPSA) is 104 Å². The van der Waals surface area contributed by atoms with Crippen LogP contribution in [0, 0.1) is 0 Å². The van der Waals surface area contributed by atoms with Crippen LogP contribution < -0.4 is 26.1 Å². The predicted molar refractivity (Wildman–Crippen MR) is 162 cm³/mol. The van der Waals surface area contributed by atoms with E-state index < -0.39 is 7.14 Å². The molecule has 5 heterocycles. The number of hydrogen-bond donors (Lipinski definition) is 1. The molecule has 0 unspecified atom stereocenters. The van der Waals surface area contributed by atoms with Gasteiger partial charge in [-0.3, -0.25) is 4.79 Å². The summed E-state index contributed by atoms with van der Waals surface area (Å²) in [6, 6.07) is 12.1. The van der Waals surface area contributed by atoms with Gasteiger partial charge >= 0.3 is 0 Å². The SMILES string of the molecule is C=CCn1c(=O)c2cnc(Nc3ccc4c(c3)N3CCN(C)C[C@H]3CN4C)nc2n1-c1cccc(P(C)(C)=O)n1. The molecule has 0 saturated carbocycles. The molecule has 2 aliphatic heterocycles. The zero-order chi connectivity index (χ0) is 28.2. The first-order valence-electron chi connectivity index (χ1n) is 13.3. The van der Waals surface area contributed by atoms with Crippen LogP contribution in [0.4, 0.5) is 23.0 Å². The summed E-state index contributed by atoms with van der Waals surface area (Å²) in [5.74, 6) is 0.821. The van der Waals surface area contributed by atoms with Gasteiger partial charge in [-0.15, -0.1) is 6.58 Å². The summed E-state index contributed by atoms with van der Waals surface area (Å²) in [6.45, 7) is 11.4. The summed E-state index contributed by atoms with van der Waals surface area (Å²) < 4.78 is 15.9. The second-order valence-corrected chi connectivity index (χ2v) is 14.1. The molecule has 4 aromatic rings. The van der Waals surface area contributed by atoms with E-state index in [1.807, 2.05) is 6.07 Å². The number of piperazine rings is 1. The first-order chi connectivity index (χ1) is 19.1. The average Bonchev–Trinajstić information content (AvgIpc) is 3.19. The van der Waals surface area contributed by atoms with Crippen molar-refractivity contribution in [1.82, 2.24) is 29.2 Å². The number of anilines is 4. The summed E-state index contributed by atoms with van der Waals surface area (Å²) >= 11 is 0. The molecule has 0 bridgehead atoms. The van der Waals surface area contributed by atoms with E-state index in [4.69, 9.17) is 4.98 Å². The molecule has 12 heteroatoms. The Morgan fingerprint density at radius 3 is 2.70 bits per heavy atom. The normalized spacial score (nSPS) is 17.6. The maximum Gasteiger partial charge on any atom is 0.278 e. The number of aromatic nitrogens is 5. The molecule has 3 aromatic heterocycles. The Labute approximate surface area is 233 Å². The molecule has 0 aliphatic carbocycles. The van der Waals surface area contributed by atoms with Gasteiger partial charge in [0.15, 0.2) is 11.5 Å². The second kappa shape index (κ2) is 9.91. The van der Waals surface area contributed by atoms with Gasteiger partial charge in [-0.25, -0.2) is 19.3 Å². The zero-order valence-corrected chi connectivity index (χ0v) is 24.2. The predicted octanol–water partition coefficient (Wildman–Crippen LogP) is 2.72. The quantitative estimate of drug-likeness (QED) is 0.282. The van der Waals surface area contributed by atoms with E-state index in [9.17, 15) is 9.36 Å². The number of rotatable bonds is 6. The third-order valence-electron chi connectivity index (χ3n) is 7.59. The first kappa shape index (κ1) is 26.3. The largest absolute Gasteiger partial charge is 0.371 e. The Kier molecular flexibility index (Phi) is 6.51. The van der Waals surface area contributed by atoms with Crippen LogP contribution in [0.15, 0.2) is 60.0 Å². The van der Waals surface area contributed by atoms with E-state index in [2.05, 4.69) is 62.8 Å². The van der Waals surface area contributed by atoms with E-state index in [1.165, 1.54) is 16.1 Å². The number of hydrogen-bond acceptors (Lipinski definition) is 9. The average molecular weight is 560 g/mol. The van der Waals surface area contributed by atoms with Crippen LogP contribution in [0.3, 0.4) is 0 Å². The Bertz CT molecular complexity index is 1720.